The summed E-state index contributed by atoms with van der Waals surface area (Å²) >= 11 is 1.02. The largest absolute Gasteiger partial charge is 0.465 e. The minimum atomic E-state index is -0.532. The number of anilines is 1. The molecular formula is C19H21N3O6S. The Bertz CT molecular complexity index is 888. The van der Waals surface area contributed by atoms with Crippen molar-refractivity contribution in [3.8, 4) is 0 Å². The number of nitrogens with one attached hydrogen (secondary N) is 1. The average molecular weight is 419 g/mol. The number of benzene rings is 1. The molecule has 1 N–H and O–H groups in total. The van der Waals surface area contributed by atoms with Crippen LogP contribution < -0.4 is 5.32 Å². The smallest absolute Gasteiger partial charge is 0.337 e. The van der Waals surface area contributed by atoms with Gasteiger partial charge in [0.05, 0.1) is 40.9 Å². The first-order valence-corrected chi connectivity index (χ1v) is 9.72. The predicted molar refractivity (Wildman–Crippen MR) is 108 cm³/mol. The first-order chi connectivity index (χ1) is 13.9. The Hall–Kier alpha value is -3.14. The van der Waals surface area contributed by atoms with Gasteiger partial charge in [-0.15, -0.1) is 11.8 Å². The van der Waals surface area contributed by atoms with Gasteiger partial charge in [-0.2, -0.15) is 0 Å². The van der Waals surface area contributed by atoms with Gasteiger partial charge in [0.15, 0.2) is 0 Å². The van der Waals surface area contributed by atoms with Crippen molar-refractivity contribution in [2.75, 3.05) is 24.8 Å². The zero-order chi connectivity index (χ0) is 21.4. The molecule has 1 atom stereocenters. The Kier molecular flexibility index (Phi) is 7.96. The molecule has 0 saturated heterocycles. The summed E-state index contributed by atoms with van der Waals surface area (Å²) in [6.07, 6.45) is 1.44. The lowest BCUT2D eigenvalue weighted by Crippen LogP contribution is -2.11. The van der Waals surface area contributed by atoms with Crippen molar-refractivity contribution in [1.82, 2.24) is 4.98 Å². The highest BCUT2D eigenvalue weighted by Gasteiger charge is 2.24. The fourth-order valence-corrected chi connectivity index (χ4v) is 3.31. The van der Waals surface area contributed by atoms with E-state index in [4.69, 9.17) is 4.74 Å². The maximum atomic E-state index is 11.6. The third-order valence-electron chi connectivity index (χ3n) is 3.91. The molecule has 0 aliphatic carbocycles. The lowest BCUT2D eigenvalue weighted by Gasteiger charge is -2.16. The van der Waals surface area contributed by atoms with Crippen molar-refractivity contribution in [1.29, 1.82) is 0 Å². The van der Waals surface area contributed by atoms with E-state index >= 15 is 0 Å². The SMILES string of the molecule is CCOC(=O)CSc1ccnc(N[C@@H](C)c2ccc(C(=O)OC)cc2)c1[N+](=O)[O-]. The Morgan fingerprint density at radius 3 is 2.55 bits per heavy atom. The normalized spacial score (nSPS) is 11.4. The van der Waals surface area contributed by atoms with Crippen LogP contribution in [0.2, 0.25) is 0 Å². The van der Waals surface area contributed by atoms with Crippen molar-refractivity contribution < 1.29 is 24.0 Å². The van der Waals surface area contributed by atoms with Crippen molar-refractivity contribution in [3.63, 3.8) is 0 Å². The van der Waals surface area contributed by atoms with Crippen LogP contribution in [0.1, 0.15) is 35.8 Å². The van der Waals surface area contributed by atoms with Gasteiger partial charge in [0, 0.05) is 6.20 Å². The predicted octanol–water partition coefficient (Wildman–Crippen LogP) is 3.60. The number of ether oxygens (including phenoxy) is 2. The summed E-state index contributed by atoms with van der Waals surface area (Å²) in [7, 11) is 1.30. The van der Waals surface area contributed by atoms with Gasteiger partial charge >= 0.3 is 17.6 Å². The maximum Gasteiger partial charge on any atom is 0.337 e. The van der Waals surface area contributed by atoms with Crippen molar-refractivity contribution in [3.05, 3.63) is 57.8 Å². The molecule has 1 aromatic heterocycles. The minimum Gasteiger partial charge on any atom is -0.465 e. The van der Waals surface area contributed by atoms with Crippen molar-refractivity contribution in [2.24, 2.45) is 0 Å². The Morgan fingerprint density at radius 1 is 1.28 bits per heavy atom. The van der Waals surface area contributed by atoms with Gasteiger partial charge in [0.25, 0.3) is 0 Å². The average Bonchev–Trinajstić information content (AvgIpc) is 2.71. The van der Waals surface area contributed by atoms with Crippen LogP contribution in [0.5, 0.6) is 0 Å². The number of nitrogens with zero attached hydrogens (tertiary/aromatic N) is 2. The lowest BCUT2D eigenvalue weighted by molar-refractivity contribution is -0.387. The molecule has 0 unspecified atom stereocenters. The highest BCUT2D eigenvalue weighted by Crippen LogP contribution is 2.35. The van der Waals surface area contributed by atoms with E-state index in [0.29, 0.717) is 10.5 Å². The van der Waals surface area contributed by atoms with Crippen LogP contribution >= 0.6 is 11.8 Å². The van der Waals surface area contributed by atoms with E-state index in [-0.39, 0.29) is 29.9 Å². The lowest BCUT2D eigenvalue weighted by atomic mass is 10.1. The molecule has 0 aliphatic heterocycles. The summed E-state index contributed by atoms with van der Waals surface area (Å²) in [6.45, 7) is 3.76. The molecule has 0 aliphatic rings. The molecular weight excluding hydrogens is 398 g/mol. The standard InChI is InChI=1S/C19H21N3O6S/c1-4-28-16(23)11-29-15-9-10-20-18(17(15)22(25)26)21-12(2)13-5-7-14(8-6-13)19(24)27-3/h5-10,12H,4,11H2,1-3H3,(H,20,21)/t12-/m0/s1. The zero-order valence-electron chi connectivity index (χ0n) is 16.2. The van der Waals surface area contributed by atoms with E-state index in [2.05, 4.69) is 15.0 Å². The van der Waals surface area contributed by atoms with Gasteiger partial charge in [0.1, 0.15) is 0 Å². The van der Waals surface area contributed by atoms with E-state index in [9.17, 15) is 19.7 Å². The molecule has 1 aromatic carbocycles. The number of nitro groups is 1. The molecule has 0 fully saturated rings. The topological polar surface area (TPSA) is 121 Å². The molecule has 2 rings (SSSR count). The third kappa shape index (κ3) is 5.92. The molecule has 9 nitrogen and oxygen atoms in total. The molecule has 29 heavy (non-hydrogen) atoms. The van der Waals surface area contributed by atoms with Crippen LogP contribution in [-0.2, 0) is 14.3 Å². The number of aromatic nitrogens is 1. The van der Waals surface area contributed by atoms with E-state index < -0.39 is 16.9 Å². The second-order valence-corrected chi connectivity index (χ2v) is 6.85. The van der Waals surface area contributed by atoms with Gasteiger partial charge in [-0.25, -0.2) is 9.78 Å². The fourth-order valence-electron chi connectivity index (χ4n) is 2.49. The van der Waals surface area contributed by atoms with Gasteiger partial charge in [-0.1, -0.05) is 12.1 Å². The molecule has 0 radical (unpaired) electrons. The summed E-state index contributed by atoms with van der Waals surface area (Å²) in [4.78, 5) is 38.6. The Morgan fingerprint density at radius 2 is 1.97 bits per heavy atom. The van der Waals surface area contributed by atoms with Gasteiger partial charge in [0.2, 0.25) is 5.82 Å². The highest BCUT2D eigenvalue weighted by molar-refractivity contribution is 8.00. The summed E-state index contributed by atoms with van der Waals surface area (Å²) in [5.74, 6) is -0.839. The number of esters is 2. The Labute approximate surface area is 172 Å². The summed E-state index contributed by atoms with van der Waals surface area (Å²) in [6, 6.07) is 7.87. The number of carbonyl (C=O) groups is 2. The van der Waals surface area contributed by atoms with Crippen molar-refractivity contribution in [2.45, 2.75) is 24.8 Å². The molecule has 0 spiro atoms. The number of rotatable bonds is 9. The quantitative estimate of drug-likeness (QED) is 0.281. The van der Waals surface area contributed by atoms with Gasteiger partial charge < -0.3 is 14.8 Å². The third-order valence-corrected chi connectivity index (χ3v) is 4.93. The van der Waals surface area contributed by atoms with Crippen LogP contribution in [-0.4, -0.2) is 41.3 Å². The van der Waals surface area contributed by atoms with Crippen LogP contribution in [0.4, 0.5) is 11.5 Å². The number of hydrogen-bond donors (Lipinski definition) is 1. The summed E-state index contributed by atoms with van der Waals surface area (Å²) in [5, 5.41) is 14.7. The van der Waals surface area contributed by atoms with Crippen LogP contribution in [0.25, 0.3) is 0 Å². The monoisotopic (exact) mass is 419 g/mol. The van der Waals surface area contributed by atoms with E-state index in [1.165, 1.54) is 19.4 Å². The van der Waals surface area contributed by atoms with E-state index in [1.807, 2.05) is 6.92 Å². The van der Waals surface area contributed by atoms with Crippen LogP contribution in [0.15, 0.2) is 41.4 Å². The zero-order valence-corrected chi connectivity index (χ0v) is 17.0. The molecule has 1 heterocycles. The first-order valence-electron chi connectivity index (χ1n) is 8.74. The minimum absolute atomic E-state index is 0.0390. The molecule has 0 bridgehead atoms. The van der Waals surface area contributed by atoms with E-state index in [1.54, 1.807) is 31.2 Å². The van der Waals surface area contributed by atoms with Crippen molar-refractivity contribution >= 4 is 35.2 Å². The first kappa shape index (κ1) is 22.2. The molecule has 154 valence electrons. The van der Waals surface area contributed by atoms with Crippen LogP contribution in [0, 0.1) is 10.1 Å². The van der Waals surface area contributed by atoms with E-state index in [0.717, 1.165) is 17.3 Å². The molecule has 0 amide bonds. The molecule has 0 saturated carbocycles. The summed E-state index contributed by atoms with van der Waals surface area (Å²) in [5.41, 5.74) is 1.00. The number of pyridine rings is 1. The molecule has 2 aromatic rings. The van der Waals surface area contributed by atoms with Crippen LogP contribution in [0.3, 0.4) is 0 Å². The summed E-state index contributed by atoms with van der Waals surface area (Å²) < 4.78 is 9.53. The number of methoxy groups -OCH3 is 1. The maximum absolute atomic E-state index is 11.6. The van der Waals surface area contributed by atoms with Gasteiger partial charge in [-0.3, -0.25) is 14.9 Å². The molecule has 10 heteroatoms. The number of carbonyl (C=O) groups excluding carboxylic acids is 2. The van der Waals surface area contributed by atoms with Gasteiger partial charge in [-0.05, 0) is 37.6 Å². The number of hydrogen-bond acceptors (Lipinski definition) is 9. The number of thioether (sulfide) groups is 1. The Balaban J connectivity index is 2.20. The second kappa shape index (κ2) is 10.4. The highest BCUT2D eigenvalue weighted by atomic mass is 32.2. The second-order valence-electron chi connectivity index (χ2n) is 5.84. The fraction of sp³-hybridized carbons (Fsp3) is 0.316.